The second kappa shape index (κ2) is 7.29. The van der Waals surface area contributed by atoms with Gasteiger partial charge in [0.15, 0.2) is 5.84 Å². The van der Waals surface area contributed by atoms with Gasteiger partial charge in [-0.1, -0.05) is 18.2 Å². The number of ether oxygens (including phenoxy) is 2. The van der Waals surface area contributed by atoms with Crippen LogP contribution in [0.1, 0.15) is 12.8 Å². The number of aliphatic imine (C=N–C) groups is 2. The Labute approximate surface area is 151 Å². The number of alkyl halides is 1. The number of amidine groups is 1. The van der Waals surface area contributed by atoms with E-state index in [-0.39, 0.29) is 11.0 Å². The van der Waals surface area contributed by atoms with E-state index in [2.05, 4.69) is 15.3 Å². The summed E-state index contributed by atoms with van der Waals surface area (Å²) in [4.78, 5) is 7.41. The van der Waals surface area contributed by atoms with Crippen molar-refractivity contribution in [2.24, 2.45) is 15.7 Å². The number of nitrogens with two attached hydrogens (primary N) is 1. The number of sulfone groups is 1. The van der Waals surface area contributed by atoms with Crippen molar-refractivity contribution in [2.75, 3.05) is 20.2 Å². The van der Waals surface area contributed by atoms with Crippen LogP contribution >= 0.6 is 0 Å². The van der Waals surface area contributed by atoms with Crippen molar-refractivity contribution in [3.05, 3.63) is 30.3 Å². The lowest BCUT2D eigenvalue weighted by Crippen LogP contribution is -2.57. The molecule has 0 bridgehead atoms. The molecule has 0 spiro atoms. The van der Waals surface area contributed by atoms with Crippen LogP contribution in [0.25, 0.3) is 0 Å². The highest BCUT2D eigenvalue weighted by Crippen LogP contribution is 2.34. The highest BCUT2D eigenvalue weighted by Gasteiger charge is 2.58. The van der Waals surface area contributed by atoms with Crippen molar-refractivity contribution in [3.63, 3.8) is 0 Å². The molecule has 2 aliphatic rings. The Hall–Kier alpha value is -2.04. The summed E-state index contributed by atoms with van der Waals surface area (Å²) in [5.41, 5.74) is 5.74. The van der Waals surface area contributed by atoms with Crippen LogP contribution < -0.4 is 11.1 Å². The first-order chi connectivity index (χ1) is 12.4. The van der Waals surface area contributed by atoms with Crippen LogP contribution in [0.5, 0.6) is 0 Å². The molecule has 1 aromatic rings. The van der Waals surface area contributed by atoms with Gasteiger partial charge >= 0.3 is 5.00 Å². The van der Waals surface area contributed by atoms with Gasteiger partial charge in [0.05, 0.1) is 4.90 Å². The Bertz CT molecular complexity index is 809. The number of nitrogens with zero attached hydrogens (tertiary/aromatic N) is 2. The van der Waals surface area contributed by atoms with Crippen molar-refractivity contribution in [1.82, 2.24) is 5.32 Å². The molecular weight excluding hydrogens is 363 g/mol. The fourth-order valence-corrected chi connectivity index (χ4v) is 4.32. The second-order valence-corrected chi connectivity index (χ2v) is 8.03. The standard InChI is InChI=1S/C16H21FN4O4S/c1-24-15-20-13(18)16(17,26(22,23)12-5-3-2-4-6-12)14(21-15)25-11-7-9-19-10-8-11/h2-6,11,15,19H,7-10H2,1H3,(H2,18,20). The highest BCUT2D eigenvalue weighted by atomic mass is 32.2. The number of halogens is 1. The van der Waals surface area contributed by atoms with Gasteiger partial charge in [-0.15, -0.1) is 0 Å². The van der Waals surface area contributed by atoms with Crippen LogP contribution in [0.15, 0.2) is 45.2 Å². The van der Waals surface area contributed by atoms with E-state index in [4.69, 9.17) is 15.2 Å². The van der Waals surface area contributed by atoms with Gasteiger partial charge in [0, 0.05) is 7.11 Å². The Kier molecular flexibility index (Phi) is 5.26. The molecule has 2 atom stereocenters. The van der Waals surface area contributed by atoms with Crippen molar-refractivity contribution >= 4 is 21.6 Å². The fraction of sp³-hybridized carbons (Fsp3) is 0.500. The minimum Gasteiger partial charge on any atom is -0.474 e. The summed E-state index contributed by atoms with van der Waals surface area (Å²) < 4.78 is 52.7. The molecule has 2 unspecified atom stereocenters. The number of rotatable bonds is 4. The lowest BCUT2D eigenvalue weighted by molar-refractivity contribution is 0.0938. The molecule has 2 heterocycles. The molecule has 0 aliphatic carbocycles. The maximum atomic E-state index is 16.0. The molecule has 3 N–H and O–H groups in total. The molecule has 26 heavy (non-hydrogen) atoms. The van der Waals surface area contributed by atoms with Crippen LogP contribution in [0.4, 0.5) is 4.39 Å². The minimum atomic E-state index is -4.59. The molecule has 1 fully saturated rings. The van der Waals surface area contributed by atoms with Gasteiger partial charge in [-0.3, -0.25) is 0 Å². The molecule has 142 valence electrons. The maximum Gasteiger partial charge on any atom is 0.344 e. The van der Waals surface area contributed by atoms with E-state index in [9.17, 15) is 8.42 Å². The predicted molar refractivity (Wildman–Crippen MR) is 94.3 cm³/mol. The molecule has 3 rings (SSSR count). The molecule has 10 heteroatoms. The molecule has 1 aromatic carbocycles. The summed E-state index contributed by atoms with van der Waals surface area (Å²) in [5.74, 6) is -1.39. The van der Waals surface area contributed by atoms with E-state index in [0.29, 0.717) is 25.9 Å². The first kappa shape index (κ1) is 18.7. The van der Waals surface area contributed by atoms with Crippen LogP contribution in [-0.4, -0.2) is 57.8 Å². The first-order valence-electron chi connectivity index (χ1n) is 8.20. The van der Waals surface area contributed by atoms with E-state index in [1.54, 1.807) is 6.07 Å². The van der Waals surface area contributed by atoms with E-state index in [0.717, 1.165) is 0 Å². The van der Waals surface area contributed by atoms with Crippen molar-refractivity contribution in [2.45, 2.75) is 35.2 Å². The Morgan fingerprint density at radius 3 is 2.50 bits per heavy atom. The Morgan fingerprint density at radius 1 is 1.23 bits per heavy atom. The molecule has 2 aliphatic heterocycles. The van der Waals surface area contributed by atoms with Crippen LogP contribution in [0.3, 0.4) is 0 Å². The van der Waals surface area contributed by atoms with Gasteiger partial charge < -0.3 is 20.5 Å². The number of nitrogens with one attached hydrogen (secondary N) is 1. The third-order valence-corrected chi connectivity index (χ3v) is 6.30. The largest absolute Gasteiger partial charge is 0.474 e. The van der Waals surface area contributed by atoms with E-state index >= 15 is 4.39 Å². The molecule has 8 nitrogen and oxygen atoms in total. The number of piperidine rings is 1. The Morgan fingerprint density at radius 2 is 1.88 bits per heavy atom. The number of benzene rings is 1. The number of hydrogen-bond acceptors (Lipinski definition) is 8. The summed E-state index contributed by atoms with van der Waals surface area (Å²) in [6.45, 7) is 1.36. The van der Waals surface area contributed by atoms with Crippen LogP contribution in [-0.2, 0) is 19.3 Å². The third kappa shape index (κ3) is 3.19. The normalized spacial score (nSPS) is 27.5. The molecule has 0 radical (unpaired) electrons. The monoisotopic (exact) mass is 384 g/mol. The van der Waals surface area contributed by atoms with Crippen LogP contribution in [0, 0.1) is 0 Å². The quantitative estimate of drug-likeness (QED) is 0.785. The smallest absolute Gasteiger partial charge is 0.344 e. The van der Waals surface area contributed by atoms with Gasteiger partial charge in [-0.05, 0) is 38.1 Å². The van der Waals surface area contributed by atoms with Gasteiger partial charge in [0.1, 0.15) is 6.10 Å². The fourth-order valence-electron chi connectivity index (χ4n) is 2.82. The van der Waals surface area contributed by atoms with Crippen molar-refractivity contribution in [1.29, 1.82) is 0 Å². The molecule has 1 saturated heterocycles. The number of hydrogen-bond donors (Lipinski definition) is 2. The zero-order valence-corrected chi connectivity index (χ0v) is 15.1. The zero-order chi connectivity index (χ0) is 18.8. The topological polar surface area (TPSA) is 115 Å². The summed E-state index contributed by atoms with van der Waals surface area (Å²) in [5, 5.41) is -0.0337. The van der Waals surface area contributed by atoms with Gasteiger partial charge in [0.2, 0.25) is 16.2 Å². The molecule has 0 amide bonds. The Balaban J connectivity index is 2.04. The van der Waals surface area contributed by atoms with E-state index in [1.165, 1.54) is 31.4 Å². The maximum absolute atomic E-state index is 16.0. The summed E-state index contributed by atoms with van der Waals surface area (Å²) in [6.07, 6.45) is -0.342. The van der Waals surface area contributed by atoms with Crippen LogP contribution in [0.2, 0.25) is 0 Å². The predicted octanol–water partition coefficient (Wildman–Crippen LogP) is 0.594. The SMILES string of the molecule is COC1N=C(N)C(F)(S(=O)(=O)c2ccccc2)C(OC2CCNCC2)=N1. The molecule has 0 aromatic heterocycles. The highest BCUT2D eigenvalue weighted by molar-refractivity contribution is 7.94. The van der Waals surface area contributed by atoms with Crippen molar-refractivity contribution in [3.8, 4) is 0 Å². The minimum absolute atomic E-state index is 0.238. The van der Waals surface area contributed by atoms with Gasteiger partial charge in [-0.2, -0.15) is 4.99 Å². The number of methoxy groups -OCH3 is 1. The average molecular weight is 384 g/mol. The summed E-state index contributed by atoms with van der Waals surface area (Å²) in [6, 6.07) is 7.19. The summed E-state index contributed by atoms with van der Waals surface area (Å²) in [7, 11) is -3.28. The van der Waals surface area contributed by atoms with E-state index < -0.39 is 32.9 Å². The zero-order valence-electron chi connectivity index (χ0n) is 14.3. The average Bonchev–Trinajstić information content (AvgIpc) is 2.66. The molecule has 0 saturated carbocycles. The third-order valence-electron chi connectivity index (χ3n) is 4.28. The van der Waals surface area contributed by atoms with Gasteiger partial charge in [0.25, 0.3) is 5.90 Å². The molecular formula is C16H21FN4O4S. The first-order valence-corrected chi connectivity index (χ1v) is 9.68. The second-order valence-electron chi connectivity index (χ2n) is 5.99. The van der Waals surface area contributed by atoms with Crippen molar-refractivity contribution < 1.29 is 22.3 Å². The lowest BCUT2D eigenvalue weighted by atomic mass is 10.1. The summed E-state index contributed by atoms with van der Waals surface area (Å²) >= 11 is 0. The van der Waals surface area contributed by atoms with Gasteiger partial charge in [-0.25, -0.2) is 17.8 Å². The van der Waals surface area contributed by atoms with E-state index in [1.807, 2.05) is 0 Å². The lowest BCUT2D eigenvalue weighted by Gasteiger charge is -2.33.